The van der Waals surface area contributed by atoms with Gasteiger partial charge < -0.3 is 19.5 Å². The summed E-state index contributed by atoms with van der Waals surface area (Å²) in [5, 5.41) is 3.30. The van der Waals surface area contributed by atoms with Crippen LogP contribution < -0.4 is 19.5 Å². The molecular formula is C18H23NO4S. The van der Waals surface area contributed by atoms with E-state index in [9.17, 15) is 4.21 Å². The zero-order chi connectivity index (χ0) is 17.4. The number of hydrogen-bond acceptors (Lipinski definition) is 5. The Morgan fingerprint density at radius 2 is 1.62 bits per heavy atom. The van der Waals surface area contributed by atoms with Crippen molar-refractivity contribution in [2.24, 2.45) is 0 Å². The van der Waals surface area contributed by atoms with E-state index in [2.05, 4.69) is 5.32 Å². The second-order valence-electron chi connectivity index (χ2n) is 5.03. The quantitative estimate of drug-likeness (QED) is 0.705. The summed E-state index contributed by atoms with van der Waals surface area (Å²) >= 11 is 0. The fraction of sp³-hybridized carbons (Fsp3) is 0.333. The number of nitrogens with one attached hydrogen (secondary N) is 1. The lowest BCUT2D eigenvalue weighted by molar-refractivity contribution is 0.321. The highest BCUT2D eigenvalue weighted by atomic mass is 32.2. The molecule has 6 heteroatoms. The van der Waals surface area contributed by atoms with E-state index in [1.807, 2.05) is 42.5 Å². The molecule has 0 aromatic heterocycles. The number of benzene rings is 2. The molecule has 1 N–H and O–H groups in total. The average molecular weight is 349 g/mol. The standard InChI is InChI=1S/C18H23NO4S/c1-21-16-10-9-14(17(22-2)18(16)23-3)13-19-11-12-24(20)15-7-5-4-6-8-15/h4-10,19H,11-13H2,1-3H3. The van der Waals surface area contributed by atoms with E-state index in [0.29, 0.717) is 36.1 Å². The van der Waals surface area contributed by atoms with Crippen LogP contribution in [0.4, 0.5) is 0 Å². The molecule has 0 spiro atoms. The third-order valence-electron chi connectivity index (χ3n) is 3.57. The Balaban J connectivity index is 1.94. The van der Waals surface area contributed by atoms with Crippen LogP contribution in [0.25, 0.3) is 0 Å². The normalized spacial score (nSPS) is 11.8. The van der Waals surface area contributed by atoms with Crippen LogP contribution in [0, 0.1) is 0 Å². The molecule has 1 atom stereocenters. The van der Waals surface area contributed by atoms with E-state index in [-0.39, 0.29) is 0 Å². The van der Waals surface area contributed by atoms with Crippen LogP contribution in [0.3, 0.4) is 0 Å². The van der Waals surface area contributed by atoms with E-state index >= 15 is 0 Å². The zero-order valence-corrected chi connectivity index (χ0v) is 15.0. The third-order valence-corrected chi connectivity index (χ3v) is 4.94. The first kappa shape index (κ1) is 18.3. The second kappa shape index (κ2) is 9.30. The van der Waals surface area contributed by atoms with Crippen molar-refractivity contribution in [1.82, 2.24) is 5.32 Å². The first-order chi connectivity index (χ1) is 11.7. The first-order valence-corrected chi connectivity index (χ1v) is 8.95. The average Bonchev–Trinajstić information content (AvgIpc) is 2.64. The Bertz CT molecular complexity index is 676. The molecule has 0 amide bonds. The van der Waals surface area contributed by atoms with Gasteiger partial charge in [-0.15, -0.1) is 0 Å². The largest absolute Gasteiger partial charge is 0.493 e. The van der Waals surface area contributed by atoms with Crippen molar-refractivity contribution < 1.29 is 18.4 Å². The van der Waals surface area contributed by atoms with Crippen molar-refractivity contribution in [3.05, 3.63) is 48.0 Å². The van der Waals surface area contributed by atoms with Crippen molar-refractivity contribution in [2.45, 2.75) is 11.4 Å². The lowest BCUT2D eigenvalue weighted by atomic mass is 10.1. The van der Waals surface area contributed by atoms with E-state index in [0.717, 1.165) is 10.5 Å². The Morgan fingerprint density at radius 1 is 0.917 bits per heavy atom. The van der Waals surface area contributed by atoms with Gasteiger partial charge in [0.1, 0.15) is 0 Å². The van der Waals surface area contributed by atoms with Crippen LogP contribution in [0.1, 0.15) is 5.56 Å². The molecule has 0 aliphatic carbocycles. The maximum absolute atomic E-state index is 12.2. The predicted molar refractivity (Wildman–Crippen MR) is 95.5 cm³/mol. The van der Waals surface area contributed by atoms with Gasteiger partial charge in [-0.25, -0.2) is 0 Å². The molecule has 0 radical (unpaired) electrons. The van der Waals surface area contributed by atoms with Crippen LogP contribution in [-0.4, -0.2) is 37.8 Å². The maximum Gasteiger partial charge on any atom is 0.203 e. The van der Waals surface area contributed by atoms with Gasteiger partial charge in [-0.3, -0.25) is 4.21 Å². The summed E-state index contributed by atoms with van der Waals surface area (Å²) in [7, 11) is 3.78. The van der Waals surface area contributed by atoms with Crippen molar-refractivity contribution in [1.29, 1.82) is 0 Å². The molecule has 0 saturated heterocycles. The number of methoxy groups -OCH3 is 3. The van der Waals surface area contributed by atoms with E-state index in [1.54, 1.807) is 21.3 Å². The summed E-state index contributed by atoms with van der Waals surface area (Å²) in [6.07, 6.45) is 0. The van der Waals surface area contributed by atoms with Crippen molar-refractivity contribution in [2.75, 3.05) is 33.6 Å². The molecule has 0 bridgehead atoms. The maximum atomic E-state index is 12.2. The number of ether oxygens (including phenoxy) is 3. The van der Waals surface area contributed by atoms with Crippen LogP contribution in [0.2, 0.25) is 0 Å². The Morgan fingerprint density at radius 3 is 2.25 bits per heavy atom. The fourth-order valence-electron chi connectivity index (χ4n) is 2.38. The molecule has 0 saturated carbocycles. The molecule has 24 heavy (non-hydrogen) atoms. The van der Waals surface area contributed by atoms with Gasteiger partial charge in [0, 0.05) is 29.3 Å². The van der Waals surface area contributed by atoms with Gasteiger partial charge in [-0.05, 0) is 18.2 Å². The van der Waals surface area contributed by atoms with E-state index in [1.165, 1.54) is 0 Å². The topological polar surface area (TPSA) is 56.8 Å². The van der Waals surface area contributed by atoms with Crippen LogP contribution >= 0.6 is 0 Å². The summed E-state index contributed by atoms with van der Waals surface area (Å²) in [4.78, 5) is 0.850. The first-order valence-electron chi connectivity index (χ1n) is 7.63. The van der Waals surface area contributed by atoms with Crippen molar-refractivity contribution >= 4 is 10.8 Å². The molecule has 2 aromatic carbocycles. The predicted octanol–water partition coefficient (Wildman–Crippen LogP) is 2.61. The van der Waals surface area contributed by atoms with Crippen molar-refractivity contribution in [3.8, 4) is 17.2 Å². The molecule has 2 aromatic rings. The van der Waals surface area contributed by atoms with Gasteiger partial charge in [0.2, 0.25) is 5.75 Å². The summed E-state index contributed by atoms with van der Waals surface area (Å²) in [6.45, 7) is 1.23. The number of hydrogen-bond donors (Lipinski definition) is 1. The summed E-state index contributed by atoms with van der Waals surface area (Å²) in [5.41, 5.74) is 0.959. The fourth-order valence-corrected chi connectivity index (χ4v) is 3.41. The Labute approximate surface area is 145 Å². The van der Waals surface area contributed by atoms with Crippen LogP contribution in [-0.2, 0) is 17.3 Å². The Hall–Kier alpha value is -2.05. The molecule has 1 unspecified atom stereocenters. The lowest BCUT2D eigenvalue weighted by Gasteiger charge is -2.16. The van der Waals surface area contributed by atoms with Gasteiger partial charge in [0.15, 0.2) is 11.5 Å². The van der Waals surface area contributed by atoms with E-state index < -0.39 is 10.8 Å². The molecule has 2 rings (SSSR count). The molecule has 0 aliphatic heterocycles. The minimum absolute atomic E-state index is 0.555. The molecule has 5 nitrogen and oxygen atoms in total. The molecule has 0 heterocycles. The summed E-state index contributed by atoms with van der Waals surface area (Å²) in [6, 6.07) is 13.3. The van der Waals surface area contributed by atoms with Gasteiger partial charge in [0.25, 0.3) is 0 Å². The summed E-state index contributed by atoms with van der Waals surface area (Å²) in [5.74, 6) is 2.41. The zero-order valence-electron chi connectivity index (χ0n) is 14.2. The van der Waals surface area contributed by atoms with Crippen molar-refractivity contribution in [3.63, 3.8) is 0 Å². The lowest BCUT2D eigenvalue weighted by Crippen LogP contribution is -2.20. The van der Waals surface area contributed by atoms with E-state index in [4.69, 9.17) is 14.2 Å². The van der Waals surface area contributed by atoms with Gasteiger partial charge in [-0.2, -0.15) is 0 Å². The highest BCUT2D eigenvalue weighted by molar-refractivity contribution is 7.85. The Kier molecular flexibility index (Phi) is 7.08. The minimum atomic E-state index is -0.998. The molecule has 130 valence electrons. The highest BCUT2D eigenvalue weighted by Gasteiger charge is 2.15. The van der Waals surface area contributed by atoms with Gasteiger partial charge >= 0.3 is 0 Å². The van der Waals surface area contributed by atoms with Crippen LogP contribution in [0.15, 0.2) is 47.4 Å². The number of rotatable bonds is 9. The van der Waals surface area contributed by atoms with Gasteiger partial charge in [0.05, 0.1) is 32.1 Å². The molecular weight excluding hydrogens is 326 g/mol. The minimum Gasteiger partial charge on any atom is -0.493 e. The third kappa shape index (κ3) is 4.49. The highest BCUT2D eigenvalue weighted by Crippen LogP contribution is 2.39. The SMILES string of the molecule is COc1ccc(CNCCS(=O)c2ccccc2)c(OC)c1OC. The monoisotopic (exact) mass is 349 g/mol. The molecule has 0 fully saturated rings. The molecule has 0 aliphatic rings. The smallest absolute Gasteiger partial charge is 0.203 e. The van der Waals surface area contributed by atoms with Crippen LogP contribution in [0.5, 0.6) is 17.2 Å². The second-order valence-corrected chi connectivity index (χ2v) is 6.60. The summed E-state index contributed by atoms with van der Waals surface area (Å²) < 4.78 is 28.3. The van der Waals surface area contributed by atoms with Gasteiger partial charge in [-0.1, -0.05) is 24.3 Å².